The highest BCUT2D eigenvalue weighted by Crippen LogP contribution is 2.45. The van der Waals surface area contributed by atoms with Gasteiger partial charge in [0.2, 0.25) is 0 Å². The van der Waals surface area contributed by atoms with Crippen LogP contribution >= 0.6 is 11.3 Å². The number of hydrogen-bond acceptors (Lipinski definition) is 1. The Morgan fingerprint density at radius 2 is 0.738 bits per heavy atom. The lowest BCUT2D eigenvalue weighted by molar-refractivity contribution is 1.12. The number of aryl methyl sites for hydroxylation is 2. The fourth-order valence-corrected chi connectivity index (χ4v) is 11.3. The maximum absolute atomic E-state index is 2.47. The van der Waals surface area contributed by atoms with Crippen molar-refractivity contribution in [1.29, 1.82) is 0 Å². The molecule has 0 amide bonds. The molecule has 61 heavy (non-hydrogen) atoms. The number of hydrogen-bond donors (Lipinski definition) is 0. The normalized spacial score (nSPS) is 11.9. The number of rotatable bonds is 6. The van der Waals surface area contributed by atoms with E-state index < -0.39 is 0 Å². The number of thiophene rings is 1. The monoisotopic (exact) mass is 794 g/mol. The van der Waals surface area contributed by atoms with Crippen molar-refractivity contribution < 1.29 is 0 Å². The lowest BCUT2D eigenvalue weighted by Gasteiger charge is -2.18. The van der Waals surface area contributed by atoms with Gasteiger partial charge in [-0.2, -0.15) is 0 Å². The molecule has 1 aromatic heterocycles. The first-order valence-electron chi connectivity index (χ1n) is 21.6. The van der Waals surface area contributed by atoms with E-state index in [1.165, 1.54) is 130 Å². The van der Waals surface area contributed by atoms with Crippen LogP contribution in [-0.4, -0.2) is 0 Å². The van der Waals surface area contributed by atoms with Crippen molar-refractivity contribution in [2.24, 2.45) is 0 Å². The first kappa shape index (κ1) is 35.8. The Morgan fingerprint density at radius 1 is 0.295 bits per heavy atom. The van der Waals surface area contributed by atoms with Crippen LogP contribution in [0.1, 0.15) is 25.0 Å². The van der Waals surface area contributed by atoms with Crippen LogP contribution < -0.4 is 0 Å². The van der Waals surface area contributed by atoms with E-state index in [1.54, 1.807) is 0 Å². The van der Waals surface area contributed by atoms with Crippen molar-refractivity contribution in [3.8, 4) is 44.5 Å². The number of fused-ring (bicyclic) bond motifs is 8. The summed E-state index contributed by atoms with van der Waals surface area (Å²) in [5.41, 5.74) is 13.1. The van der Waals surface area contributed by atoms with Crippen LogP contribution in [0.4, 0.5) is 0 Å². The molecule has 1 heteroatoms. The third-order valence-corrected chi connectivity index (χ3v) is 14.3. The van der Waals surface area contributed by atoms with Gasteiger partial charge in [-0.3, -0.25) is 0 Å². The van der Waals surface area contributed by atoms with Gasteiger partial charge < -0.3 is 0 Å². The molecule has 12 aromatic rings. The van der Waals surface area contributed by atoms with Crippen LogP contribution in [-0.2, 0) is 12.8 Å². The summed E-state index contributed by atoms with van der Waals surface area (Å²) in [6.07, 6.45) is 2.05. The molecule has 1 heterocycles. The molecule has 11 aromatic carbocycles. The summed E-state index contributed by atoms with van der Waals surface area (Å²) in [5.74, 6) is 0. The first-order valence-corrected chi connectivity index (χ1v) is 22.4. The standard InChI is InChI=1S/C60H42S/c1-3-37-13-7-8-16-49(37)54-36-56-55-33-45-25-24-44(32-48(45)35-58(55)61-57(56)34-38(54)4-2)41-22-23-43-31-47(28-26-42(43)29-41)60-52-19-11-9-17-50(52)59(51-18-10-12-20-53(51)60)46-27-21-39-14-5-6-15-40(39)30-46/h5-36H,3-4H2,1-2H3. The van der Waals surface area contributed by atoms with Crippen molar-refractivity contribution in [2.75, 3.05) is 0 Å². The Morgan fingerprint density at radius 3 is 1.36 bits per heavy atom. The van der Waals surface area contributed by atoms with Gasteiger partial charge in [-0.15, -0.1) is 11.3 Å². The lowest BCUT2D eigenvalue weighted by atomic mass is 9.85. The van der Waals surface area contributed by atoms with Crippen molar-refractivity contribution in [1.82, 2.24) is 0 Å². The molecule has 0 nitrogen and oxygen atoms in total. The lowest BCUT2D eigenvalue weighted by Crippen LogP contribution is -1.92. The molecule has 0 aliphatic rings. The molecule has 0 N–H and O–H groups in total. The van der Waals surface area contributed by atoms with Gasteiger partial charge in [0.25, 0.3) is 0 Å². The molecule has 0 saturated carbocycles. The van der Waals surface area contributed by atoms with Gasteiger partial charge in [-0.25, -0.2) is 0 Å². The van der Waals surface area contributed by atoms with Crippen LogP contribution in [0.2, 0.25) is 0 Å². The minimum atomic E-state index is 1.02. The highest BCUT2D eigenvalue weighted by molar-refractivity contribution is 7.25. The molecular weight excluding hydrogens is 753 g/mol. The van der Waals surface area contributed by atoms with Crippen LogP contribution in [0.3, 0.4) is 0 Å². The van der Waals surface area contributed by atoms with Gasteiger partial charge in [-0.1, -0.05) is 159 Å². The molecule has 0 bridgehead atoms. The summed E-state index contributed by atoms with van der Waals surface area (Å²) in [4.78, 5) is 0. The molecule has 288 valence electrons. The second kappa shape index (κ2) is 14.3. The Labute approximate surface area is 360 Å². The molecular formula is C60H42S. The first-order chi connectivity index (χ1) is 30.1. The van der Waals surface area contributed by atoms with E-state index >= 15 is 0 Å². The minimum Gasteiger partial charge on any atom is -0.135 e. The minimum absolute atomic E-state index is 1.02. The Bertz CT molecular complexity index is 3670. The van der Waals surface area contributed by atoms with E-state index in [0.717, 1.165) is 12.8 Å². The summed E-state index contributed by atoms with van der Waals surface area (Å²) in [5, 5.41) is 15.4. The summed E-state index contributed by atoms with van der Waals surface area (Å²) >= 11 is 1.92. The Hall–Kier alpha value is -7.06. The number of benzene rings is 11. The highest BCUT2D eigenvalue weighted by Gasteiger charge is 2.18. The summed E-state index contributed by atoms with van der Waals surface area (Å²) in [7, 11) is 0. The molecule has 12 rings (SSSR count). The molecule has 0 atom stereocenters. The summed E-state index contributed by atoms with van der Waals surface area (Å²) < 4.78 is 2.72. The van der Waals surface area contributed by atoms with Gasteiger partial charge >= 0.3 is 0 Å². The van der Waals surface area contributed by atoms with Crippen LogP contribution in [0.15, 0.2) is 194 Å². The average molecular weight is 795 g/mol. The summed E-state index contributed by atoms with van der Waals surface area (Å²) in [6, 6.07) is 73.1. The zero-order valence-electron chi connectivity index (χ0n) is 34.3. The molecule has 0 unspecified atom stereocenters. The molecule has 0 aliphatic heterocycles. The van der Waals surface area contributed by atoms with Gasteiger partial charge in [-0.05, 0) is 171 Å². The third kappa shape index (κ3) is 5.87. The van der Waals surface area contributed by atoms with Crippen LogP contribution in [0, 0.1) is 0 Å². The van der Waals surface area contributed by atoms with Crippen molar-refractivity contribution >= 4 is 85.4 Å². The van der Waals surface area contributed by atoms with E-state index in [2.05, 4.69) is 208 Å². The SMILES string of the molecule is CCc1ccccc1-c1cc2c(cc1CC)sc1cc3cc(-c4ccc5cc(-c6c7ccccc7c(-c7ccc8ccccc8c7)c7ccccc67)ccc5c4)ccc3cc12. The topological polar surface area (TPSA) is 0 Å². The molecule has 0 aliphatic carbocycles. The van der Waals surface area contributed by atoms with E-state index in [1.807, 2.05) is 11.3 Å². The summed E-state index contributed by atoms with van der Waals surface area (Å²) in [6.45, 7) is 4.54. The average Bonchev–Trinajstić information content (AvgIpc) is 3.67. The maximum Gasteiger partial charge on any atom is 0.0361 e. The fraction of sp³-hybridized carbons (Fsp3) is 0.0667. The van der Waals surface area contributed by atoms with Crippen LogP contribution in [0.5, 0.6) is 0 Å². The second-order valence-electron chi connectivity index (χ2n) is 16.6. The zero-order chi connectivity index (χ0) is 40.6. The predicted molar refractivity (Wildman–Crippen MR) is 267 cm³/mol. The Kier molecular flexibility index (Phi) is 8.40. The van der Waals surface area contributed by atoms with Gasteiger partial charge in [0.1, 0.15) is 0 Å². The van der Waals surface area contributed by atoms with E-state index in [9.17, 15) is 0 Å². The van der Waals surface area contributed by atoms with E-state index in [4.69, 9.17) is 0 Å². The van der Waals surface area contributed by atoms with E-state index in [0.29, 0.717) is 0 Å². The van der Waals surface area contributed by atoms with Crippen molar-refractivity contribution in [3.05, 3.63) is 205 Å². The predicted octanol–water partition coefficient (Wildman–Crippen LogP) is 17.6. The maximum atomic E-state index is 2.47. The van der Waals surface area contributed by atoms with Crippen LogP contribution in [0.25, 0.3) is 119 Å². The second-order valence-corrected chi connectivity index (χ2v) is 17.6. The van der Waals surface area contributed by atoms with E-state index in [-0.39, 0.29) is 0 Å². The fourth-order valence-electron chi connectivity index (χ4n) is 10.1. The quantitative estimate of drug-likeness (QED) is 0.147. The smallest absolute Gasteiger partial charge is 0.0361 e. The molecule has 0 radical (unpaired) electrons. The zero-order valence-corrected chi connectivity index (χ0v) is 35.1. The Balaban J connectivity index is 0.936. The highest BCUT2D eigenvalue weighted by atomic mass is 32.1. The van der Waals surface area contributed by atoms with Crippen molar-refractivity contribution in [3.63, 3.8) is 0 Å². The van der Waals surface area contributed by atoms with Crippen molar-refractivity contribution in [2.45, 2.75) is 26.7 Å². The largest absolute Gasteiger partial charge is 0.135 e. The molecule has 0 fully saturated rings. The van der Waals surface area contributed by atoms with Gasteiger partial charge in [0.05, 0.1) is 0 Å². The molecule has 0 spiro atoms. The van der Waals surface area contributed by atoms with Gasteiger partial charge in [0.15, 0.2) is 0 Å². The molecule has 0 saturated heterocycles. The van der Waals surface area contributed by atoms with Gasteiger partial charge in [0, 0.05) is 20.2 Å². The third-order valence-electron chi connectivity index (χ3n) is 13.2.